The molecule has 0 bridgehead atoms. The summed E-state index contributed by atoms with van der Waals surface area (Å²) in [6.45, 7) is 4.27. The maximum absolute atomic E-state index is 11.7. The number of hydrogen-bond acceptors (Lipinski definition) is 4. The van der Waals surface area contributed by atoms with Gasteiger partial charge >= 0.3 is 0 Å². The molecule has 2 rings (SSSR count). The summed E-state index contributed by atoms with van der Waals surface area (Å²) in [6.07, 6.45) is 0.331. The molecule has 1 aromatic carbocycles. The molecule has 2 N–H and O–H groups in total. The first kappa shape index (κ1) is 14.4. The second kappa shape index (κ2) is 6.43. The molecule has 1 amide bonds. The van der Waals surface area contributed by atoms with Crippen LogP contribution in [0.15, 0.2) is 28.8 Å². The predicted octanol–water partition coefficient (Wildman–Crippen LogP) is 3.39. The van der Waals surface area contributed by atoms with Crippen molar-refractivity contribution in [2.75, 3.05) is 17.2 Å². The molecule has 2 aromatic rings. The van der Waals surface area contributed by atoms with Crippen molar-refractivity contribution in [3.05, 3.63) is 40.6 Å². The van der Waals surface area contributed by atoms with Gasteiger partial charge in [-0.15, -0.1) is 0 Å². The quantitative estimate of drug-likeness (QED) is 0.887. The van der Waals surface area contributed by atoms with Crippen molar-refractivity contribution in [1.82, 2.24) is 5.16 Å². The van der Waals surface area contributed by atoms with Gasteiger partial charge in [0.05, 0.1) is 0 Å². The van der Waals surface area contributed by atoms with Gasteiger partial charge in [-0.05, 0) is 31.5 Å². The zero-order chi connectivity index (χ0) is 14.5. The Morgan fingerprint density at radius 3 is 2.85 bits per heavy atom. The lowest BCUT2D eigenvalue weighted by molar-refractivity contribution is -0.116. The molecule has 5 nitrogen and oxygen atoms in total. The molecule has 0 aliphatic rings. The number of carbonyl (C=O) groups is 1. The van der Waals surface area contributed by atoms with E-state index < -0.39 is 0 Å². The Morgan fingerprint density at radius 2 is 2.15 bits per heavy atom. The summed E-state index contributed by atoms with van der Waals surface area (Å²) in [5.41, 5.74) is 2.02. The minimum absolute atomic E-state index is 0.120. The van der Waals surface area contributed by atoms with Crippen LogP contribution in [0.2, 0.25) is 5.02 Å². The molecule has 0 atom stereocenters. The van der Waals surface area contributed by atoms with E-state index in [0.717, 1.165) is 11.3 Å². The van der Waals surface area contributed by atoms with E-state index in [2.05, 4.69) is 15.8 Å². The number of benzene rings is 1. The highest BCUT2D eigenvalue weighted by atomic mass is 35.5. The van der Waals surface area contributed by atoms with Gasteiger partial charge in [0.2, 0.25) is 5.91 Å². The summed E-state index contributed by atoms with van der Waals surface area (Å²) in [6, 6.07) is 7.28. The van der Waals surface area contributed by atoms with E-state index >= 15 is 0 Å². The molecule has 20 heavy (non-hydrogen) atoms. The van der Waals surface area contributed by atoms with Crippen LogP contribution in [0.25, 0.3) is 0 Å². The lowest BCUT2D eigenvalue weighted by Gasteiger charge is -2.09. The van der Waals surface area contributed by atoms with Crippen molar-refractivity contribution in [2.45, 2.75) is 20.3 Å². The highest BCUT2D eigenvalue weighted by Gasteiger charge is 2.06. The fourth-order valence-electron chi connectivity index (χ4n) is 1.73. The van der Waals surface area contributed by atoms with E-state index in [4.69, 9.17) is 16.1 Å². The molecule has 0 aliphatic heterocycles. The third kappa shape index (κ3) is 3.99. The molecule has 0 aliphatic carbocycles. The van der Waals surface area contributed by atoms with Crippen molar-refractivity contribution < 1.29 is 9.32 Å². The Hall–Kier alpha value is -2.01. The highest BCUT2D eigenvalue weighted by Crippen LogP contribution is 2.20. The minimum atomic E-state index is -0.120. The Morgan fingerprint density at radius 1 is 1.35 bits per heavy atom. The van der Waals surface area contributed by atoms with Crippen molar-refractivity contribution in [1.29, 1.82) is 0 Å². The first-order valence-electron chi connectivity index (χ1n) is 6.28. The molecule has 0 radical (unpaired) electrons. The van der Waals surface area contributed by atoms with E-state index in [9.17, 15) is 4.79 Å². The summed E-state index contributed by atoms with van der Waals surface area (Å²) in [7, 11) is 0. The number of aryl methyl sites for hydroxylation is 2. The number of rotatable bonds is 5. The smallest absolute Gasteiger partial charge is 0.227 e. The molecule has 0 saturated carbocycles. The van der Waals surface area contributed by atoms with Crippen LogP contribution < -0.4 is 10.6 Å². The Labute approximate surface area is 122 Å². The van der Waals surface area contributed by atoms with Gasteiger partial charge in [-0.1, -0.05) is 22.8 Å². The van der Waals surface area contributed by atoms with Crippen LogP contribution in [0.1, 0.15) is 17.7 Å². The largest absolute Gasteiger partial charge is 0.384 e. The number of halogens is 1. The van der Waals surface area contributed by atoms with Crippen molar-refractivity contribution in [2.24, 2.45) is 0 Å². The maximum atomic E-state index is 11.7. The highest BCUT2D eigenvalue weighted by molar-refractivity contribution is 6.30. The van der Waals surface area contributed by atoms with Gasteiger partial charge in [-0.2, -0.15) is 0 Å². The molecular formula is C14H16ClN3O2. The standard InChI is InChI=1S/C14H16ClN3O2/c1-9-3-4-11(15)8-12(9)16-6-5-14(19)17-13-7-10(2)20-18-13/h3-4,7-8,16H,5-6H2,1-2H3,(H,17,18,19). The first-order chi connectivity index (χ1) is 9.54. The number of amides is 1. The van der Waals surface area contributed by atoms with Gasteiger partial charge < -0.3 is 15.2 Å². The second-order valence-corrected chi connectivity index (χ2v) is 4.94. The number of aromatic nitrogens is 1. The summed E-state index contributed by atoms with van der Waals surface area (Å²) in [5, 5.41) is 10.2. The molecular weight excluding hydrogens is 278 g/mol. The lowest BCUT2D eigenvalue weighted by atomic mass is 10.2. The fourth-order valence-corrected chi connectivity index (χ4v) is 1.90. The monoisotopic (exact) mass is 293 g/mol. The zero-order valence-electron chi connectivity index (χ0n) is 11.4. The normalized spacial score (nSPS) is 10.3. The van der Waals surface area contributed by atoms with E-state index in [-0.39, 0.29) is 5.91 Å². The SMILES string of the molecule is Cc1cc(NC(=O)CCNc2cc(Cl)ccc2C)no1. The summed E-state index contributed by atoms with van der Waals surface area (Å²) in [4.78, 5) is 11.7. The average molecular weight is 294 g/mol. The molecule has 0 saturated heterocycles. The summed E-state index contributed by atoms with van der Waals surface area (Å²) < 4.78 is 4.87. The van der Waals surface area contributed by atoms with Crippen LogP contribution >= 0.6 is 11.6 Å². The topological polar surface area (TPSA) is 67.2 Å². The van der Waals surface area contributed by atoms with Crippen LogP contribution in [0.4, 0.5) is 11.5 Å². The van der Waals surface area contributed by atoms with Gasteiger partial charge in [-0.3, -0.25) is 4.79 Å². The minimum Gasteiger partial charge on any atom is -0.384 e. The van der Waals surface area contributed by atoms with Crippen LogP contribution in [0.3, 0.4) is 0 Å². The molecule has 1 heterocycles. The zero-order valence-corrected chi connectivity index (χ0v) is 12.1. The van der Waals surface area contributed by atoms with Crippen molar-refractivity contribution in [3.63, 3.8) is 0 Å². The van der Waals surface area contributed by atoms with E-state index in [1.165, 1.54) is 0 Å². The number of carbonyl (C=O) groups excluding carboxylic acids is 1. The van der Waals surface area contributed by atoms with Crippen molar-refractivity contribution in [3.8, 4) is 0 Å². The van der Waals surface area contributed by atoms with Gasteiger partial charge in [0.1, 0.15) is 5.76 Å². The average Bonchev–Trinajstić information content (AvgIpc) is 2.79. The predicted molar refractivity (Wildman–Crippen MR) is 79.2 cm³/mol. The maximum Gasteiger partial charge on any atom is 0.227 e. The second-order valence-electron chi connectivity index (χ2n) is 4.51. The van der Waals surface area contributed by atoms with Crippen LogP contribution in [0.5, 0.6) is 0 Å². The van der Waals surface area contributed by atoms with Gasteiger partial charge in [0, 0.05) is 29.7 Å². The molecule has 1 aromatic heterocycles. The summed E-state index contributed by atoms with van der Waals surface area (Å²) in [5.74, 6) is 0.977. The Balaban J connectivity index is 1.80. The van der Waals surface area contributed by atoms with Crippen LogP contribution in [-0.2, 0) is 4.79 Å². The molecule has 0 spiro atoms. The third-order valence-electron chi connectivity index (χ3n) is 2.76. The Bertz CT molecular complexity index is 610. The lowest BCUT2D eigenvalue weighted by Crippen LogP contribution is -2.16. The van der Waals surface area contributed by atoms with Gasteiger partial charge in [0.25, 0.3) is 0 Å². The number of hydrogen-bond donors (Lipinski definition) is 2. The van der Waals surface area contributed by atoms with Crippen LogP contribution in [-0.4, -0.2) is 17.6 Å². The number of nitrogens with one attached hydrogen (secondary N) is 2. The first-order valence-corrected chi connectivity index (χ1v) is 6.65. The molecule has 106 valence electrons. The summed E-state index contributed by atoms with van der Waals surface area (Å²) >= 11 is 5.93. The van der Waals surface area contributed by atoms with E-state index in [1.807, 2.05) is 25.1 Å². The van der Waals surface area contributed by atoms with Crippen LogP contribution in [0, 0.1) is 13.8 Å². The van der Waals surface area contributed by atoms with E-state index in [0.29, 0.717) is 29.6 Å². The van der Waals surface area contributed by atoms with Gasteiger partial charge in [-0.25, -0.2) is 0 Å². The Kier molecular flexibility index (Phi) is 4.63. The number of anilines is 2. The van der Waals surface area contributed by atoms with Crippen molar-refractivity contribution >= 4 is 29.0 Å². The van der Waals surface area contributed by atoms with E-state index in [1.54, 1.807) is 13.0 Å². The number of nitrogens with zero attached hydrogens (tertiary/aromatic N) is 1. The molecule has 0 unspecified atom stereocenters. The molecule has 6 heteroatoms. The fraction of sp³-hybridized carbons (Fsp3) is 0.286. The third-order valence-corrected chi connectivity index (χ3v) is 3.00. The van der Waals surface area contributed by atoms with Gasteiger partial charge in [0.15, 0.2) is 5.82 Å². The molecule has 0 fully saturated rings.